The van der Waals surface area contributed by atoms with Gasteiger partial charge in [0.25, 0.3) is 0 Å². The summed E-state index contributed by atoms with van der Waals surface area (Å²) in [5.74, 6) is 1.45. The average Bonchev–Trinajstić information content (AvgIpc) is 3.22. The summed E-state index contributed by atoms with van der Waals surface area (Å²) in [7, 11) is 0. The monoisotopic (exact) mass is 413 g/mol. The number of amides is 2. The van der Waals surface area contributed by atoms with Gasteiger partial charge in [0.2, 0.25) is 11.8 Å². The number of benzene rings is 1. The van der Waals surface area contributed by atoms with Crippen LogP contribution < -0.4 is 0 Å². The van der Waals surface area contributed by atoms with E-state index >= 15 is 0 Å². The smallest absolute Gasteiger partial charge is 0.225 e. The highest BCUT2D eigenvalue weighted by Gasteiger charge is 2.33. The van der Waals surface area contributed by atoms with Crippen LogP contribution in [-0.4, -0.2) is 52.8 Å². The molecule has 0 unspecified atom stereocenters. The maximum atomic E-state index is 13.4. The Morgan fingerprint density at radius 2 is 1.97 bits per heavy atom. The van der Waals surface area contributed by atoms with Gasteiger partial charge in [-0.1, -0.05) is 12.1 Å². The summed E-state index contributed by atoms with van der Waals surface area (Å²) < 4.78 is 19.4. The van der Waals surface area contributed by atoms with E-state index in [0.29, 0.717) is 37.7 Å². The van der Waals surface area contributed by atoms with Crippen LogP contribution in [0.25, 0.3) is 0 Å². The van der Waals surface area contributed by atoms with Crippen LogP contribution in [0.5, 0.6) is 0 Å². The van der Waals surface area contributed by atoms with Crippen LogP contribution in [0.4, 0.5) is 4.39 Å². The number of hydrogen-bond donors (Lipinski definition) is 0. The zero-order valence-electron chi connectivity index (χ0n) is 17.3. The zero-order chi connectivity index (χ0) is 21.1. The van der Waals surface area contributed by atoms with Gasteiger partial charge in [0, 0.05) is 45.4 Å². The highest BCUT2D eigenvalue weighted by molar-refractivity contribution is 5.80. The van der Waals surface area contributed by atoms with E-state index in [0.717, 1.165) is 37.8 Å². The third-order valence-corrected chi connectivity index (χ3v) is 6.21. The summed E-state index contributed by atoms with van der Waals surface area (Å²) in [6, 6.07) is 6.48. The van der Waals surface area contributed by atoms with E-state index in [4.69, 9.17) is 4.42 Å². The molecule has 0 radical (unpaired) electrons. The Kier molecular flexibility index (Phi) is 6.16. The molecule has 160 valence electrons. The Morgan fingerprint density at radius 1 is 1.17 bits per heavy atom. The Labute approximate surface area is 176 Å². The minimum atomic E-state index is -0.261. The Bertz CT molecular complexity index is 905. The number of likely N-dealkylation sites (tertiary alicyclic amines) is 2. The van der Waals surface area contributed by atoms with Crippen LogP contribution in [0.3, 0.4) is 0 Å². The van der Waals surface area contributed by atoms with Crippen molar-refractivity contribution in [3.05, 3.63) is 53.5 Å². The van der Waals surface area contributed by atoms with Crippen LogP contribution in [-0.2, 0) is 16.0 Å². The first-order valence-corrected chi connectivity index (χ1v) is 10.7. The average molecular weight is 413 g/mol. The predicted molar refractivity (Wildman–Crippen MR) is 109 cm³/mol. The second kappa shape index (κ2) is 8.98. The molecule has 0 spiro atoms. The molecule has 0 bridgehead atoms. The largest absolute Gasteiger partial charge is 0.445 e. The third-order valence-electron chi connectivity index (χ3n) is 6.21. The van der Waals surface area contributed by atoms with Crippen molar-refractivity contribution in [2.75, 3.05) is 26.2 Å². The van der Waals surface area contributed by atoms with Crippen LogP contribution in [0.1, 0.15) is 55.7 Å². The van der Waals surface area contributed by atoms with Crippen molar-refractivity contribution in [3.63, 3.8) is 0 Å². The Morgan fingerprint density at radius 3 is 2.70 bits per heavy atom. The maximum Gasteiger partial charge on any atom is 0.225 e. The van der Waals surface area contributed by atoms with Crippen molar-refractivity contribution in [1.29, 1.82) is 0 Å². The van der Waals surface area contributed by atoms with E-state index in [1.165, 1.54) is 12.1 Å². The maximum absolute atomic E-state index is 13.4. The van der Waals surface area contributed by atoms with Crippen LogP contribution in [0, 0.1) is 11.7 Å². The normalized spacial score (nSPS) is 20.4. The summed E-state index contributed by atoms with van der Waals surface area (Å²) in [6.07, 6.45) is 5.52. The number of oxazole rings is 1. The van der Waals surface area contributed by atoms with Gasteiger partial charge in [-0.25, -0.2) is 9.37 Å². The number of halogens is 1. The molecule has 0 aliphatic carbocycles. The van der Waals surface area contributed by atoms with E-state index in [-0.39, 0.29) is 29.5 Å². The molecule has 30 heavy (non-hydrogen) atoms. The number of carbonyl (C=O) groups excluding carboxylic acids is 2. The van der Waals surface area contributed by atoms with E-state index in [1.54, 1.807) is 19.2 Å². The van der Waals surface area contributed by atoms with Gasteiger partial charge in [-0.05, 0) is 43.4 Å². The van der Waals surface area contributed by atoms with Gasteiger partial charge in [0.1, 0.15) is 11.6 Å². The van der Waals surface area contributed by atoms with Crippen molar-refractivity contribution < 1.29 is 18.4 Å². The standard InChI is InChI=1S/C23H28FN3O3/c1-16(28)26-10-7-18(8-11-26)23(29)27-9-3-5-19(15-27)22-25-14-21(30-22)13-17-4-2-6-20(24)12-17/h2,4,6,12,14,18-19H,3,5,7-11,13,15H2,1H3/t19-/m0/s1. The third kappa shape index (κ3) is 4.71. The molecule has 2 aliphatic rings. The van der Waals surface area contributed by atoms with Gasteiger partial charge in [-0.2, -0.15) is 0 Å². The summed E-state index contributed by atoms with van der Waals surface area (Å²) in [6.45, 7) is 4.28. The van der Waals surface area contributed by atoms with E-state index < -0.39 is 0 Å². The second-order valence-electron chi connectivity index (χ2n) is 8.38. The van der Waals surface area contributed by atoms with E-state index in [2.05, 4.69) is 4.98 Å². The van der Waals surface area contributed by atoms with Gasteiger partial charge < -0.3 is 14.2 Å². The Balaban J connectivity index is 1.35. The van der Waals surface area contributed by atoms with Gasteiger partial charge in [-0.15, -0.1) is 0 Å². The number of carbonyl (C=O) groups is 2. The molecule has 0 saturated carbocycles. The van der Waals surface area contributed by atoms with Gasteiger partial charge in [0.05, 0.1) is 12.1 Å². The number of hydrogen-bond acceptors (Lipinski definition) is 4. The number of piperidine rings is 2. The molecule has 2 aromatic rings. The molecule has 2 fully saturated rings. The Hall–Kier alpha value is -2.70. The van der Waals surface area contributed by atoms with Crippen molar-refractivity contribution in [1.82, 2.24) is 14.8 Å². The minimum Gasteiger partial charge on any atom is -0.445 e. The molecule has 6 nitrogen and oxygen atoms in total. The molecule has 2 saturated heterocycles. The van der Waals surface area contributed by atoms with Crippen molar-refractivity contribution in [2.24, 2.45) is 5.92 Å². The first-order valence-electron chi connectivity index (χ1n) is 10.7. The highest BCUT2D eigenvalue weighted by Crippen LogP contribution is 2.29. The lowest BCUT2D eigenvalue weighted by molar-refractivity contribution is -0.141. The van der Waals surface area contributed by atoms with Crippen LogP contribution in [0.2, 0.25) is 0 Å². The molecular formula is C23H28FN3O3. The summed E-state index contributed by atoms with van der Waals surface area (Å²) in [4.78, 5) is 32.7. The van der Waals surface area contributed by atoms with Crippen molar-refractivity contribution >= 4 is 11.8 Å². The SMILES string of the molecule is CC(=O)N1CCC(C(=O)N2CCC[C@H](c3ncc(Cc4cccc(F)c4)o3)C2)CC1. The topological polar surface area (TPSA) is 66.7 Å². The zero-order valence-corrected chi connectivity index (χ0v) is 17.3. The van der Waals surface area contributed by atoms with Gasteiger partial charge >= 0.3 is 0 Å². The number of nitrogens with zero attached hydrogens (tertiary/aromatic N) is 3. The summed E-state index contributed by atoms with van der Waals surface area (Å²) in [5, 5.41) is 0. The quantitative estimate of drug-likeness (QED) is 0.771. The molecule has 7 heteroatoms. The molecular weight excluding hydrogens is 385 g/mol. The highest BCUT2D eigenvalue weighted by atomic mass is 19.1. The number of aromatic nitrogens is 1. The molecule has 4 rings (SSSR count). The molecule has 1 aromatic heterocycles. The lowest BCUT2D eigenvalue weighted by atomic mass is 9.92. The van der Waals surface area contributed by atoms with E-state index in [9.17, 15) is 14.0 Å². The molecule has 3 heterocycles. The summed E-state index contributed by atoms with van der Waals surface area (Å²) in [5.41, 5.74) is 0.843. The van der Waals surface area contributed by atoms with Crippen molar-refractivity contribution in [2.45, 2.75) is 44.9 Å². The van der Waals surface area contributed by atoms with Crippen LogP contribution in [0.15, 0.2) is 34.9 Å². The molecule has 2 aliphatic heterocycles. The fourth-order valence-corrected chi connectivity index (χ4v) is 4.52. The second-order valence-corrected chi connectivity index (χ2v) is 8.38. The van der Waals surface area contributed by atoms with E-state index in [1.807, 2.05) is 15.9 Å². The lowest BCUT2D eigenvalue weighted by Gasteiger charge is -2.37. The fourth-order valence-electron chi connectivity index (χ4n) is 4.52. The molecule has 0 N–H and O–H groups in total. The molecule has 2 amide bonds. The predicted octanol–water partition coefficient (Wildman–Crippen LogP) is 3.37. The van der Waals surface area contributed by atoms with Gasteiger partial charge in [-0.3, -0.25) is 9.59 Å². The first kappa shape index (κ1) is 20.6. The summed E-state index contributed by atoms with van der Waals surface area (Å²) >= 11 is 0. The molecule has 1 aromatic carbocycles. The molecule has 1 atom stereocenters. The minimum absolute atomic E-state index is 0.00699. The van der Waals surface area contributed by atoms with Crippen LogP contribution >= 0.6 is 0 Å². The first-order chi connectivity index (χ1) is 14.5. The van der Waals surface area contributed by atoms with Gasteiger partial charge in [0.15, 0.2) is 5.89 Å². The fraction of sp³-hybridized carbons (Fsp3) is 0.522. The number of rotatable bonds is 4. The van der Waals surface area contributed by atoms with Crippen molar-refractivity contribution in [3.8, 4) is 0 Å². The lowest BCUT2D eigenvalue weighted by Crippen LogP contribution is -2.46.